The minimum Gasteiger partial charge on any atom is -0.444 e. The molecular weight excluding hydrogens is 248 g/mol. The van der Waals surface area contributed by atoms with E-state index >= 15 is 0 Å². The second-order valence-electron chi connectivity index (χ2n) is 5.08. The van der Waals surface area contributed by atoms with Gasteiger partial charge in [-0.05, 0) is 39.8 Å². The van der Waals surface area contributed by atoms with Crippen molar-refractivity contribution in [1.29, 1.82) is 0 Å². The highest BCUT2D eigenvalue weighted by Gasteiger charge is 2.17. The van der Waals surface area contributed by atoms with Crippen molar-refractivity contribution in [3.8, 4) is 0 Å². The zero-order valence-electron chi connectivity index (χ0n) is 10.9. The molecule has 2 heterocycles. The minimum atomic E-state index is -0.501. The molecule has 0 aliphatic rings. The van der Waals surface area contributed by atoms with Gasteiger partial charge in [0.2, 0.25) is 0 Å². The van der Waals surface area contributed by atoms with Gasteiger partial charge in [-0.25, -0.2) is 4.79 Å². The molecule has 18 heavy (non-hydrogen) atoms. The Kier molecular flexibility index (Phi) is 3.26. The molecule has 0 spiro atoms. The predicted molar refractivity (Wildman–Crippen MR) is 74.2 cm³/mol. The Labute approximate surface area is 110 Å². The van der Waals surface area contributed by atoms with Gasteiger partial charge in [0.1, 0.15) is 11.1 Å². The number of nitrogens with zero attached hydrogens (tertiary/aromatic N) is 1. The van der Waals surface area contributed by atoms with Crippen LogP contribution in [0.1, 0.15) is 26.5 Å². The fraction of sp³-hybridized carbons (Fsp3) is 0.385. The Morgan fingerprint density at radius 1 is 1.39 bits per heavy atom. The number of aromatic nitrogens is 1. The van der Waals surface area contributed by atoms with Crippen molar-refractivity contribution in [1.82, 2.24) is 4.98 Å². The third-order valence-electron chi connectivity index (χ3n) is 2.19. The lowest BCUT2D eigenvalue weighted by atomic mass is 10.2. The van der Waals surface area contributed by atoms with Crippen LogP contribution in [-0.4, -0.2) is 16.7 Å². The number of aryl methyl sites for hydroxylation is 1. The number of carbonyl (C=O) groups excluding carboxylic acids is 1. The number of rotatable bonds is 1. The topological polar surface area (TPSA) is 51.2 Å². The highest BCUT2D eigenvalue weighted by atomic mass is 32.1. The van der Waals surface area contributed by atoms with E-state index in [1.165, 1.54) is 0 Å². The Balaban J connectivity index is 2.22. The smallest absolute Gasteiger partial charge is 0.412 e. The van der Waals surface area contributed by atoms with E-state index in [0.717, 1.165) is 15.9 Å². The number of hydrogen-bond acceptors (Lipinski definition) is 4. The second kappa shape index (κ2) is 4.57. The number of nitrogens with one attached hydrogen (secondary N) is 1. The molecule has 0 fully saturated rings. The summed E-state index contributed by atoms with van der Waals surface area (Å²) in [6.07, 6.45) is -0.453. The molecule has 0 saturated carbocycles. The summed E-state index contributed by atoms with van der Waals surface area (Å²) >= 11 is 1.55. The SMILES string of the molecule is Cc1ccc2scc(NC(=O)OC(C)(C)C)c2n1. The Bertz CT molecular complexity index is 584. The van der Waals surface area contributed by atoms with E-state index in [-0.39, 0.29) is 0 Å². The normalized spacial score (nSPS) is 11.6. The van der Waals surface area contributed by atoms with Gasteiger partial charge in [-0.1, -0.05) is 0 Å². The van der Waals surface area contributed by atoms with E-state index in [9.17, 15) is 4.79 Å². The Morgan fingerprint density at radius 2 is 2.11 bits per heavy atom. The Morgan fingerprint density at radius 3 is 2.78 bits per heavy atom. The van der Waals surface area contributed by atoms with Crippen molar-refractivity contribution in [3.63, 3.8) is 0 Å². The quantitative estimate of drug-likeness (QED) is 0.848. The first-order valence-electron chi connectivity index (χ1n) is 5.70. The molecule has 0 aromatic carbocycles. The highest BCUT2D eigenvalue weighted by molar-refractivity contribution is 7.17. The molecule has 2 aromatic rings. The molecule has 2 aromatic heterocycles. The predicted octanol–water partition coefficient (Wildman–Crippen LogP) is 3.95. The van der Waals surface area contributed by atoms with Crippen molar-refractivity contribution in [3.05, 3.63) is 23.2 Å². The number of ether oxygens (including phenoxy) is 1. The molecule has 5 heteroatoms. The first-order chi connectivity index (χ1) is 8.35. The van der Waals surface area contributed by atoms with E-state index in [1.54, 1.807) is 11.3 Å². The van der Waals surface area contributed by atoms with Crippen LogP contribution in [0.4, 0.5) is 10.5 Å². The molecule has 0 unspecified atom stereocenters. The highest BCUT2D eigenvalue weighted by Crippen LogP contribution is 2.29. The number of anilines is 1. The molecule has 1 amide bonds. The molecule has 2 rings (SSSR count). The maximum atomic E-state index is 11.7. The summed E-state index contributed by atoms with van der Waals surface area (Å²) in [7, 11) is 0. The molecule has 0 atom stereocenters. The van der Waals surface area contributed by atoms with Crippen LogP contribution in [-0.2, 0) is 4.74 Å². The number of fused-ring (bicyclic) bond motifs is 1. The molecule has 0 saturated heterocycles. The van der Waals surface area contributed by atoms with Crippen LogP contribution >= 0.6 is 11.3 Å². The standard InChI is InChI=1S/C13H16N2O2S/c1-8-5-6-10-11(14-8)9(7-18-10)15-12(16)17-13(2,3)4/h5-7H,1-4H3,(H,15,16). The molecule has 0 aliphatic heterocycles. The first-order valence-corrected chi connectivity index (χ1v) is 6.58. The first kappa shape index (κ1) is 12.8. The van der Waals surface area contributed by atoms with E-state index in [1.807, 2.05) is 45.2 Å². The van der Waals surface area contributed by atoms with Gasteiger partial charge in [0.25, 0.3) is 0 Å². The molecule has 1 N–H and O–H groups in total. The third kappa shape index (κ3) is 2.98. The maximum Gasteiger partial charge on any atom is 0.412 e. The lowest BCUT2D eigenvalue weighted by Crippen LogP contribution is -2.27. The number of amides is 1. The molecule has 0 aliphatic carbocycles. The van der Waals surface area contributed by atoms with Crippen LogP contribution in [0.2, 0.25) is 0 Å². The van der Waals surface area contributed by atoms with Crippen molar-refractivity contribution in [2.24, 2.45) is 0 Å². The minimum absolute atomic E-state index is 0.453. The van der Waals surface area contributed by atoms with Crippen LogP contribution in [0.15, 0.2) is 17.5 Å². The second-order valence-corrected chi connectivity index (χ2v) is 5.99. The fourth-order valence-electron chi connectivity index (χ4n) is 1.51. The number of thiophene rings is 1. The number of pyridine rings is 1. The van der Waals surface area contributed by atoms with Crippen molar-refractivity contribution < 1.29 is 9.53 Å². The van der Waals surface area contributed by atoms with Crippen molar-refractivity contribution in [2.45, 2.75) is 33.3 Å². The summed E-state index contributed by atoms with van der Waals surface area (Å²) in [4.78, 5) is 16.1. The van der Waals surface area contributed by atoms with Crippen LogP contribution in [0.5, 0.6) is 0 Å². The summed E-state index contributed by atoms with van der Waals surface area (Å²) in [6, 6.07) is 3.96. The van der Waals surface area contributed by atoms with E-state index < -0.39 is 11.7 Å². The van der Waals surface area contributed by atoms with E-state index in [4.69, 9.17) is 4.74 Å². The van der Waals surface area contributed by atoms with Gasteiger partial charge in [-0.15, -0.1) is 11.3 Å². The average molecular weight is 264 g/mol. The monoisotopic (exact) mass is 264 g/mol. The van der Waals surface area contributed by atoms with Gasteiger partial charge in [0, 0.05) is 11.1 Å². The number of carbonyl (C=O) groups is 1. The number of hydrogen-bond donors (Lipinski definition) is 1. The zero-order valence-corrected chi connectivity index (χ0v) is 11.7. The summed E-state index contributed by atoms with van der Waals surface area (Å²) in [5.41, 5.74) is 1.94. The lowest BCUT2D eigenvalue weighted by Gasteiger charge is -2.19. The van der Waals surface area contributed by atoms with Gasteiger partial charge in [0.05, 0.1) is 10.4 Å². The maximum absolute atomic E-state index is 11.7. The average Bonchev–Trinajstić information content (AvgIpc) is 2.58. The van der Waals surface area contributed by atoms with Gasteiger partial charge >= 0.3 is 6.09 Å². The molecule has 0 radical (unpaired) electrons. The van der Waals surface area contributed by atoms with Crippen LogP contribution in [0, 0.1) is 6.92 Å². The largest absolute Gasteiger partial charge is 0.444 e. The molecule has 96 valence electrons. The molecule has 4 nitrogen and oxygen atoms in total. The zero-order chi connectivity index (χ0) is 13.3. The lowest BCUT2D eigenvalue weighted by molar-refractivity contribution is 0.0636. The van der Waals surface area contributed by atoms with E-state index in [2.05, 4.69) is 10.3 Å². The fourth-order valence-corrected chi connectivity index (χ4v) is 2.34. The third-order valence-corrected chi connectivity index (χ3v) is 3.13. The van der Waals surface area contributed by atoms with Gasteiger partial charge in [-0.3, -0.25) is 10.3 Å². The van der Waals surface area contributed by atoms with Crippen LogP contribution in [0.25, 0.3) is 10.2 Å². The van der Waals surface area contributed by atoms with Gasteiger partial charge in [-0.2, -0.15) is 0 Å². The summed E-state index contributed by atoms with van der Waals surface area (Å²) in [5.74, 6) is 0. The van der Waals surface area contributed by atoms with Crippen LogP contribution in [0.3, 0.4) is 0 Å². The van der Waals surface area contributed by atoms with E-state index in [0.29, 0.717) is 5.69 Å². The van der Waals surface area contributed by atoms with Crippen molar-refractivity contribution >= 4 is 33.3 Å². The summed E-state index contributed by atoms with van der Waals surface area (Å²) in [6.45, 7) is 7.43. The summed E-state index contributed by atoms with van der Waals surface area (Å²) < 4.78 is 6.26. The van der Waals surface area contributed by atoms with Gasteiger partial charge < -0.3 is 4.74 Å². The molecular formula is C13H16N2O2S. The summed E-state index contributed by atoms with van der Waals surface area (Å²) in [5, 5.41) is 4.61. The van der Waals surface area contributed by atoms with Crippen LogP contribution < -0.4 is 5.32 Å². The Hall–Kier alpha value is -1.62. The van der Waals surface area contributed by atoms with Gasteiger partial charge in [0.15, 0.2) is 0 Å². The van der Waals surface area contributed by atoms with Crippen molar-refractivity contribution in [2.75, 3.05) is 5.32 Å². The molecule has 0 bridgehead atoms.